The van der Waals surface area contributed by atoms with Crippen LogP contribution in [0.25, 0.3) is 12.2 Å². The third-order valence-corrected chi connectivity index (χ3v) is 6.41. The van der Waals surface area contributed by atoms with Crippen molar-refractivity contribution in [1.29, 1.82) is 0 Å². The van der Waals surface area contributed by atoms with E-state index in [-0.39, 0.29) is 12.4 Å². The summed E-state index contributed by atoms with van der Waals surface area (Å²) in [5.41, 5.74) is 3.67. The van der Waals surface area contributed by atoms with Gasteiger partial charge in [0.2, 0.25) is 10.4 Å². The van der Waals surface area contributed by atoms with Crippen LogP contribution in [0, 0.1) is 0 Å². The van der Waals surface area contributed by atoms with Crippen molar-refractivity contribution in [2.45, 2.75) is 5.16 Å². The van der Waals surface area contributed by atoms with Gasteiger partial charge in [0.05, 0.1) is 21.2 Å². The molecule has 3 aromatic rings. The van der Waals surface area contributed by atoms with Crippen LogP contribution in [-0.4, -0.2) is 44.0 Å². The molecule has 2 aromatic heterocycles. The highest BCUT2D eigenvalue weighted by Crippen LogP contribution is 2.18. The highest BCUT2D eigenvalue weighted by Gasteiger charge is 2.12. The smallest absolute Gasteiger partial charge is 0.317 e. The highest BCUT2D eigenvalue weighted by molar-refractivity contribution is 7.99. The summed E-state index contributed by atoms with van der Waals surface area (Å²) in [6, 6.07) is 13.0. The fraction of sp³-hybridized carbons (Fsp3) is 0.304. The van der Waals surface area contributed by atoms with Gasteiger partial charge in [-0.05, 0) is 35.0 Å². The average molecular weight is 527 g/mol. The predicted octanol–water partition coefficient (Wildman–Crippen LogP) is -0.830. The summed E-state index contributed by atoms with van der Waals surface area (Å²) < 4.78 is 37.4. The molecular weight excluding hydrogens is 496 g/mol. The molecule has 0 saturated heterocycles. The van der Waals surface area contributed by atoms with Crippen LogP contribution in [0.2, 0.25) is 0 Å². The molecule has 0 aliphatic heterocycles. The first kappa shape index (κ1) is 29.7. The number of nitrogens with zero attached hydrogens (tertiary/aromatic N) is 4. The number of rotatable bonds is 8. The molecule has 34 heavy (non-hydrogen) atoms. The predicted molar refractivity (Wildman–Crippen MR) is 130 cm³/mol. The summed E-state index contributed by atoms with van der Waals surface area (Å²) in [6.45, 7) is 1.01. The van der Waals surface area contributed by atoms with Crippen LogP contribution in [-0.2, 0) is 35.7 Å². The molecule has 0 radical (unpaired) electrons. The van der Waals surface area contributed by atoms with E-state index < -0.39 is 10.4 Å². The molecule has 0 spiro atoms. The molecule has 0 unspecified atom stereocenters. The van der Waals surface area contributed by atoms with Gasteiger partial charge < -0.3 is 21.9 Å². The number of pyridine rings is 1. The van der Waals surface area contributed by atoms with E-state index >= 15 is 0 Å². The van der Waals surface area contributed by atoms with E-state index in [0.29, 0.717) is 0 Å². The number of anilines is 1. The molecule has 2 heterocycles. The summed E-state index contributed by atoms with van der Waals surface area (Å²) in [7, 11) is 4.76. The van der Waals surface area contributed by atoms with E-state index in [2.05, 4.69) is 113 Å². The van der Waals surface area contributed by atoms with Crippen LogP contribution >= 0.6 is 11.8 Å². The minimum absolute atomic E-state index is 0. The Hall–Kier alpha value is -2.37. The summed E-state index contributed by atoms with van der Waals surface area (Å²) in [5, 5.41) is 1.28. The Kier molecular flexibility index (Phi) is 12.3. The lowest BCUT2D eigenvalue weighted by Crippen LogP contribution is -3.00. The summed E-state index contributed by atoms with van der Waals surface area (Å²) in [5.74, 6) is 1.05. The van der Waals surface area contributed by atoms with Crippen molar-refractivity contribution in [2.24, 2.45) is 21.1 Å². The van der Waals surface area contributed by atoms with Gasteiger partial charge in [-0.15, -0.1) is 0 Å². The molecular formula is C23H31ClN4O4S2. The molecule has 0 bridgehead atoms. The highest BCUT2D eigenvalue weighted by atomic mass is 35.5. The van der Waals surface area contributed by atoms with E-state index in [1.165, 1.54) is 22.0 Å². The van der Waals surface area contributed by atoms with Crippen molar-refractivity contribution in [3.63, 3.8) is 0 Å². The van der Waals surface area contributed by atoms with E-state index in [1.54, 1.807) is 0 Å². The lowest BCUT2D eigenvalue weighted by atomic mass is 10.1. The van der Waals surface area contributed by atoms with Gasteiger partial charge >= 0.3 is 5.16 Å². The Labute approximate surface area is 212 Å². The van der Waals surface area contributed by atoms with E-state index in [1.807, 2.05) is 23.4 Å². The average Bonchev–Trinajstić information content (AvgIpc) is 3.11. The Bertz CT molecular complexity index is 1130. The number of thioether (sulfide) groups is 1. The van der Waals surface area contributed by atoms with Gasteiger partial charge in [-0.25, -0.2) is 22.1 Å². The van der Waals surface area contributed by atoms with Crippen molar-refractivity contribution in [3.05, 3.63) is 72.3 Å². The van der Waals surface area contributed by atoms with Crippen molar-refractivity contribution in [1.82, 2.24) is 4.57 Å². The van der Waals surface area contributed by atoms with Gasteiger partial charge in [0, 0.05) is 37.2 Å². The topological polar surface area (TPSA) is 82.4 Å². The lowest BCUT2D eigenvalue weighted by molar-refractivity contribution is -0.709. The summed E-state index contributed by atoms with van der Waals surface area (Å²) in [4.78, 5) is 2.31. The number of benzene rings is 1. The van der Waals surface area contributed by atoms with Crippen LogP contribution in [0.3, 0.4) is 0 Å². The standard InChI is InChI=1S/C22H28N4S.CH4O4S.ClH/c1-23-13-11-20(12-14-23)6-5-19-7-9-21(10-8-19)24(2)17-18-27-22-25(3)15-16-26(22)4;1-5-6(2,3)4;/h5-16H,17-18H2,1-4H3;1H3,(H,2,3,4);1H/q+2;;/p-2. The molecule has 8 nitrogen and oxygen atoms in total. The number of hydrogen-bond donors (Lipinski definition) is 0. The Morgan fingerprint density at radius 1 is 1.06 bits per heavy atom. The molecule has 0 atom stereocenters. The Balaban J connectivity index is 0.000000735. The zero-order chi connectivity index (χ0) is 24.4. The maximum absolute atomic E-state index is 9.22. The van der Waals surface area contributed by atoms with Gasteiger partial charge in [0.1, 0.15) is 19.4 Å². The normalized spacial score (nSPS) is 11.0. The van der Waals surface area contributed by atoms with Gasteiger partial charge in [0.15, 0.2) is 12.4 Å². The van der Waals surface area contributed by atoms with Gasteiger partial charge in [0.25, 0.3) is 0 Å². The first-order valence-electron chi connectivity index (χ1n) is 10.2. The molecule has 0 N–H and O–H groups in total. The minimum atomic E-state index is -4.41. The molecule has 0 saturated carbocycles. The van der Waals surface area contributed by atoms with Crippen LogP contribution in [0.15, 0.2) is 66.3 Å². The number of aromatic nitrogens is 3. The number of hydrogen-bond acceptors (Lipinski definition) is 6. The Morgan fingerprint density at radius 2 is 1.59 bits per heavy atom. The van der Waals surface area contributed by atoms with Crippen molar-refractivity contribution < 1.29 is 38.7 Å². The molecule has 1 aromatic carbocycles. The third kappa shape index (κ3) is 10.3. The summed E-state index contributed by atoms with van der Waals surface area (Å²) >= 11 is 1.88. The number of aryl methyl sites for hydroxylation is 3. The van der Waals surface area contributed by atoms with Gasteiger partial charge in [-0.3, -0.25) is 4.18 Å². The fourth-order valence-electron chi connectivity index (χ4n) is 2.84. The minimum Gasteiger partial charge on any atom is -1.00 e. The summed E-state index contributed by atoms with van der Waals surface area (Å²) in [6.07, 6.45) is 12.6. The molecule has 3 rings (SSSR count). The molecule has 0 amide bonds. The van der Waals surface area contributed by atoms with Gasteiger partial charge in [-0.1, -0.05) is 24.3 Å². The lowest BCUT2D eigenvalue weighted by Gasteiger charge is -2.18. The monoisotopic (exact) mass is 526 g/mol. The first-order valence-corrected chi connectivity index (χ1v) is 12.5. The molecule has 0 aliphatic carbocycles. The van der Waals surface area contributed by atoms with Crippen LogP contribution in [0.4, 0.5) is 5.69 Å². The molecule has 186 valence electrons. The van der Waals surface area contributed by atoms with E-state index in [9.17, 15) is 13.0 Å². The first-order chi connectivity index (χ1) is 15.6. The second-order valence-corrected chi connectivity index (χ2v) is 9.58. The second-order valence-electron chi connectivity index (χ2n) is 7.37. The fourth-order valence-corrected chi connectivity index (χ4v) is 3.92. The van der Waals surface area contributed by atoms with Crippen LogP contribution < -0.4 is 26.4 Å². The van der Waals surface area contributed by atoms with Crippen molar-refractivity contribution in [3.8, 4) is 0 Å². The second kappa shape index (κ2) is 14.1. The molecule has 0 fully saturated rings. The maximum atomic E-state index is 9.22. The maximum Gasteiger partial charge on any atom is 0.317 e. The van der Waals surface area contributed by atoms with Crippen LogP contribution in [0.1, 0.15) is 11.1 Å². The SMILES string of the molecule is CN(CCSc1n(C)cc[n+]1C)c1ccc(/C=C/c2cc[n+](C)cc2)cc1.COS(=O)(=O)[O-].[Cl-]. The zero-order valence-electron chi connectivity index (χ0n) is 20.0. The zero-order valence-corrected chi connectivity index (χ0v) is 22.3. The largest absolute Gasteiger partial charge is 1.00 e. The third-order valence-electron chi connectivity index (χ3n) is 4.79. The van der Waals surface area contributed by atoms with E-state index in [4.69, 9.17) is 0 Å². The molecule has 0 aliphatic rings. The molecule has 11 heteroatoms. The van der Waals surface area contributed by atoms with Crippen molar-refractivity contribution in [2.75, 3.05) is 31.4 Å². The quantitative estimate of drug-likeness (QED) is 0.165. The van der Waals surface area contributed by atoms with Gasteiger partial charge in [-0.2, -0.15) is 0 Å². The number of imidazole rings is 1. The van der Waals surface area contributed by atoms with E-state index in [0.717, 1.165) is 19.4 Å². The Morgan fingerprint density at radius 3 is 2.06 bits per heavy atom. The number of halogens is 1. The van der Waals surface area contributed by atoms with Crippen LogP contribution in [0.5, 0.6) is 0 Å². The van der Waals surface area contributed by atoms with Crippen molar-refractivity contribution >= 4 is 40.0 Å².